The summed E-state index contributed by atoms with van der Waals surface area (Å²) in [5.41, 5.74) is 2.92. The molecule has 186 valence electrons. The molecule has 0 fully saturated rings. The number of aromatic nitrogens is 3. The molecule has 5 rings (SSSR count). The molecule has 0 aliphatic carbocycles. The molecule has 0 spiro atoms. The molecule has 4 heterocycles. The van der Waals surface area contributed by atoms with Crippen molar-refractivity contribution >= 4 is 45.7 Å². The highest BCUT2D eigenvalue weighted by molar-refractivity contribution is 6.30. The Morgan fingerprint density at radius 3 is 2.92 bits per heavy atom. The van der Waals surface area contributed by atoms with Crippen LogP contribution in [0.1, 0.15) is 10.5 Å². The summed E-state index contributed by atoms with van der Waals surface area (Å²) >= 11 is 6.12. The van der Waals surface area contributed by atoms with Crippen molar-refractivity contribution in [3.63, 3.8) is 0 Å². The molecule has 1 amide bonds. The van der Waals surface area contributed by atoms with Gasteiger partial charge in [-0.3, -0.25) is 4.79 Å². The smallest absolute Gasteiger partial charge is 0.267 e. The van der Waals surface area contributed by atoms with Crippen LogP contribution in [0.5, 0.6) is 5.75 Å². The van der Waals surface area contributed by atoms with E-state index in [1.807, 2.05) is 19.0 Å². The number of ether oxygens (including phenoxy) is 1. The zero-order valence-corrected chi connectivity index (χ0v) is 20.5. The van der Waals surface area contributed by atoms with Crippen molar-refractivity contribution in [2.45, 2.75) is 0 Å². The van der Waals surface area contributed by atoms with Gasteiger partial charge in [0.2, 0.25) is 0 Å². The normalized spacial score (nSPS) is 12.7. The lowest BCUT2D eigenvalue weighted by Gasteiger charge is -2.23. The third kappa shape index (κ3) is 4.91. The molecular weight excluding hydrogens is 485 g/mol. The quantitative estimate of drug-likeness (QED) is 0.295. The first-order valence-electron chi connectivity index (χ1n) is 11.4. The van der Waals surface area contributed by atoms with Crippen LogP contribution < -0.4 is 20.7 Å². The zero-order valence-electron chi connectivity index (χ0n) is 19.8. The van der Waals surface area contributed by atoms with Crippen LogP contribution in [0.3, 0.4) is 0 Å². The minimum atomic E-state index is -0.434. The van der Waals surface area contributed by atoms with Crippen LogP contribution in [0.15, 0.2) is 42.6 Å². The number of fused-ring (bicyclic) bond motifs is 2. The number of nitrogens with zero attached hydrogens (tertiary/aromatic N) is 3. The number of amides is 1. The van der Waals surface area contributed by atoms with E-state index in [2.05, 4.69) is 30.9 Å². The molecule has 4 aromatic rings. The SMILES string of the molecule is CN(C)CCNC(=O)c1cc2c(Nc3cc(-c4cc(Cl)ccc4F)nc4c3OCCN4)ccnc2[nH]1. The van der Waals surface area contributed by atoms with Crippen LogP contribution in [0.2, 0.25) is 5.02 Å². The number of halogens is 2. The van der Waals surface area contributed by atoms with Gasteiger partial charge in [0.25, 0.3) is 5.91 Å². The van der Waals surface area contributed by atoms with Crippen LogP contribution in [0, 0.1) is 5.82 Å². The highest BCUT2D eigenvalue weighted by atomic mass is 35.5. The first-order valence-corrected chi connectivity index (χ1v) is 11.8. The van der Waals surface area contributed by atoms with Gasteiger partial charge in [0.15, 0.2) is 11.6 Å². The van der Waals surface area contributed by atoms with Gasteiger partial charge in [-0.25, -0.2) is 14.4 Å². The van der Waals surface area contributed by atoms with Crippen molar-refractivity contribution < 1.29 is 13.9 Å². The molecule has 36 heavy (non-hydrogen) atoms. The maximum atomic E-state index is 14.6. The van der Waals surface area contributed by atoms with E-state index in [1.54, 1.807) is 24.4 Å². The van der Waals surface area contributed by atoms with Gasteiger partial charge >= 0.3 is 0 Å². The van der Waals surface area contributed by atoms with Gasteiger partial charge in [0.1, 0.15) is 23.8 Å². The van der Waals surface area contributed by atoms with E-state index in [9.17, 15) is 9.18 Å². The van der Waals surface area contributed by atoms with E-state index in [0.717, 1.165) is 11.9 Å². The molecule has 0 saturated carbocycles. The summed E-state index contributed by atoms with van der Waals surface area (Å²) < 4.78 is 20.5. The lowest BCUT2D eigenvalue weighted by molar-refractivity contribution is 0.0947. The highest BCUT2D eigenvalue weighted by Crippen LogP contribution is 2.40. The molecule has 9 nitrogen and oxygen atoms in total. The van der Waals surface area contributed by atoms with Gasteiger partial charge in [-0.05, 0) is 50.5 Å². The van der Waals surface area contributed by atoms with Crippen molar-refractivity contribution in [2.24, 2.45) is 0 Å². The Bertz CT molecular complexity index is 1440. The van der Waals surface area contributed by atoms with E-state index in [4.69, 9.17) is 16.3 Å². The Hall–Kier alpha value is -3.89. The molecule has 1 aliphatic heterocycles. The van der Waals surface area contributed by atoms with E-state index in [-0.39, 0.29) is 11.5 Å². The number of carbonyl (C=O) groups excluding carboxylic acids is 1. The van der Waals surface area contributed by atoms with Gasteiger partial charge in [-0.2, -0.15) is 0 Å². The summed E-state index contributed by atoms with van der Waals surface area (Å²) in [5.74, 6) is 0.375. The number of benzene rings is 1. The van der Waals surface area contributed by atoms with Gasteiger partial charge in [0.05, 0.1) is 23.6 Å². The average Bonchev–Trinajstić information content (AvgIpc) is 3.31. The van der Waals surface area contributed by atoms with E-state index < -0.39 is 5.82 Å². The minimum Gasteiger partial charge on any atom is -0.486 e. The van der Waals surface area contributed by atoms with Crippen molar-refractivity contribution in [1.82, 2.24) is 25.2 Å². The Balaban J connectivity index is 1.51. The van der Waals surface area contributed by atoms with Gasteiger partial charge < -0.3 is 30.6 Å². The van der Waals surface area contributed by atoms with E-state index in [1.165, 1.54) is 18.2 Å². The summed E-state index contributed by atoms with van der Waals surface area (Å²) in [6.45, 7) is 2.29. The van der Waals surface area contributed by atoms with Crippen molar-refractivity contribution in [1.29, 1.82) is 0 Å². The summed E-state index contributed by atoms with van der Waals surface area (Å²) in [6, 6.07) is 9.61. The van der Waals surface area contributed by atoms with Crippen LogP contribution in [0.4, 0.5) is 21.6 Å². The predicted molar refractivity (Wildman–Crippen MR) is 139 cm³/mol. The lowest BCUT2D eigenvalue weighted by atomic mass is 10.1. The van der Waals surface area contributed by atoms with Gasteiger partial charge in [-0.15, -0.1) is 0 Å². The Morgan fingerprint density at radius 2 is 2.08 bits per heavy atom. The van der Waals surface area contributed by atoms with Crippen molar-refractivity contribution in [3.05, 3.63) is 59.1 Å². The molecule has 0 bridgehead atoms. The second kappa shape index (κ2) is 10.00. The number of hydrogen-bond donors (Lipinski definition) is 4. The number of H-pyrrole nitrogens is 1. The number of aromatic amines is 1. The van der Waals surface area contributed by atoms with Crippen molar-refractivity contribution in [3.8, 4) is 17.0 Å². The first-order chi connectivity index (χ1) is 17.4. The second-order valence-electron chi connectivity index (χ2n) is 8.62. The van der Waals surface area contributed by atoms with Gasteiger partial charge in [-0.1, -0.05) is 11.6 Å². The number of anilines is 3. The molecule has 4 N–H and O–H groups in total. The second-order valence-corrected chi connectivity index (χ2v) is 9.06. The molecular formula is C25H25ClFN7O2. The van der Waals surface area contributed by atoms with Crippen LogP contribution >= 0.6 is 11.6 Å². The third-order valence-electron chi connectivity index (χ3n) is 5.71. The average molecular weight is 510 g/mol. The fourth-order valence-electron chi connectivity index (χ4n) is 3.94. The summed E-state index contributed by atoms with van der Waals surface area (Å²) in [6.07, 6.45) is 1.64. The fourth-order valence-corrected chi connectivity index (χ4v) is 4.11. The number of nitrogens with one attached hydrogen (secondary N) is 4. The lowest BCUT2D eigenvalue weighted by Crippen LogP contribution is -2.31. The third-order valence-corrected chi connectivity index (χ3v) is 5.94. The monoisotopic (exact) mass is 509 g/mol. The number of pyridine rings is 2. The molecule has 3 aromatic heterocycles. The largest absolute Gasteiger partial charge is 0.486 e. The number of likely N-dealkylation sites (N-methyl/N-ethyl adjacent to an activating group) is 1. The first kappa shape index (κ1) is 23.8. The maximum absolute atomic E-state index is 14.6. The number of hydrogen-bond acceptors (Lipinski definition) is 7. The Kier molecular flexibility index (Phi) is 6.62. The van der Waals surface area contributed by atoms with E-state index in [0.29, 0.717) is 64.7 Å². The summed E-state index contributed by atoms with van der Waals surface area (Å²) in [4.78, 5) is 26.6. The molecule has 11 heteroatoms. The molecule has 0 saturated heterocycles. The molecule has 0 radical (unpaired) electrons. The highest BCUT2D eigenvalue weighted by Gasteiger charge is 2.21. The Morgan fingerprint density at radius 1 is 1.22 bits per heavy atom. The molecule has 1 aromatic carbocycles. The van der Waals surface area contributed by atoms with Gasteiger partial charge in [0, 0.05) is 35.3 Å². The maximum Gasteiger partial charge on any atom is 0.267 e. The topological polar surface area (TPSA) is 107 Å². The molecule has 1 aliphatic rings. The summed E-state index contributed by atoms with van der Waals surface area (Å²) in [7, 11) is 3.89. The summed E-state index contributed by atoms with van der Waals surface area (Å²) in [5, 5.41) is 10.6. The fraction of sp³-hybridized carbons (Fsp3) is 0.240. The minimum absolute atomic E-state index is 0.214. The molecule has 0 atom stereocenters. The van der Waals surface area contributed by atoms with Crippen LogP contribution in [-0.4, -0.2) is 66.1 Å². The zero-order chi connectivity index (χ0) is 25.2. The number of rotatable bonds is 7. The van der Waals surface area contributed by atoms with Crippen LogP contribution in [-0.2, 0) is 0 Å². The predicted octanol–water partition coefficient (Wildman–Crippen LogP) is 4.26. The van der Waals surface area contributed by atoms with Crippen molar-refractivity contribution in [2.75, 3.05) is 51.0 Å². The standard InChI is InChI=1S/C25H25ClFN7O2/c1-34(2)9-7-30-25(35)21-12-16-18(5-6-28-23(16)33-21)31-20-13-19(15-11-14(26)3-4-17(15)27)32-24-22(20)36-10-8-29-24/h3-6,11-13H,7-10H2,1-2H3,(H,30,35)(H3,28,29,31,32,33). The molecule has 0 unspecified atom stereocenters. The van der Waals surface area contributed by atoms with E-state index >= 15 is 0 Å². The van der Waals surface area contributed by atoms with Crippen LogP contribution in [0.25, 0.3) is 22.3 Å². The number of carbonyl (C=O) groups is 1. The Labute approximate surface area is 212 Å².